The summed E-state index contributed by atoms with van der Waals surface area (Å²) in [5, 5.41) is 20.0. The minimum absolute atomic E-state index is 0.251. The quantitative estimate of drug-likeness (QED) is 0.582. The lowest BCUT2D eigenvalue weighted by atomic mass is 9.67. The molecule has 0 saturated heterocycles. The molecule has 0 fully saturated rings. The molecule has 0 saturated carbocycles. The van der Waals surface area contributed by atoms with Crippen LogP contribution in [-0.4, -0.2) is 10.2 Å². The second-order valence-corrected chi connectivity index (χ2v) is 7.27. The van der Waals surface area contributed by atoms with Crippen LogP contribution in [0.15, 0.2) is 108 Å². The maximum atomic E-state index is 10.1. The van der Waals surface area contributed by atoms with Gasteiger partial charge in [-0.15, -0.1) is 0 Å². The van der Waals surface area contributed by atoms with Crippen LogP contribution in [0.4, 0.5) is 0 Å². The van der Waals surface area contributed by atoms with Crippen molar-refractivity contribution in [3.63, 3.8) is 0 Å². The summed E-state index contributed by atoms with van der Waals surface area (Å²) in [6.45, 7) is 0. The molecule has 2 aliphatic rings. The first-order chi connectivity index (χ1) is 13.7. The Balaban J connectivity index is 1.92. The zero-order valence-corrected chi connectivity index (χ0v) is 15.3. The Morgan fingerprint density at radius 1 is 0.679 bits per heavy atom. The molecule has 3 aromatic carbocycles. The summed E-state index contributed by atoms with van der Waals surface area (Å²) in [5.74, 6) is 0.605. The first-order valence-corrected chi connectivity index (χ1v) is 9.47. The normalized spacial score (nSPS) is 16.6. The first kappa shape index (κ1) is 16.6. The van der Waals surface area contributed by atoms with Gasteiger partial charge in [-0.1, -0.05) is 78.9 Å². The predicted octanol–water partition coefficient (Wildman–Crippen LogP) is 6.04. The van der Waals surface area contributed by atoms with Gasteiger partial charge in [0.05, 0.1) is 11.2 Å². The minimum Gasteiger partial charge on any atom is -0.512 e. The Morgan fingerprint density at radius 3 is 1.93 bits per heavy atom. The smallest absolute Gasteiger partial charge is 0.115 e. The molecule has 0 atom stereocenters. The van der Waals surface area contributed by atoms with Crippen LogP contribution >= 0.6 is 0 Å². The van der Waals surface area contributed by atoms with E-state index in [0.29, 0.717) is 12.2 Å². The Kier molecular flexibility index (Phi) is 3.73. The lowest BCUT2D eigenvalue weighted by Gasteiger charge is -2.34. The monoisotopic (exact) mass is 364 g/mol. The van der Waals surface area contributed by atoms with Crippen molar-refractivity contribution in [1.82, 2.24) is 0 Å². The molecular formula is C26H20O2. The van der Waals surface area contributed by atoms with Gasteiger partial charge in [0.15, 0.2) is 0 Å². The van der Waals surface area contributed by atoms with Gasteiger partial charge in [0, 0.05) is 6.42 Å². The lowest BCUT2D eigenvalue weighted by Crippen LogP contribution is -2.29. The van der Waals surface area contributed by atoms with Crippen LogP contribution in [-0.2, 0) is 5.41 Å². The van der Waals surface area contributed by atoms with Crippen molar-refractivity contribution < 1.29 is 10.2 Å². The predicted molar refractivity (Wildman–Crippen MR) is 112 cm³/mol. The molecule has 0 aliphatic heterocycles. The van der Waals surface area contributed by atoms with Crippen molar-refractivity contribution in [2.24, 2.45) is 0 Å². The molecule has 28 heavy (non-hydrogen) atoms. The molecule has 0 unspecified atom stereocenters. The molecule has 3 aromatic rings. The molecule has 0 spiro atoms. The average Bonchev–Trinajstić information content (AvgIpc) is 2.84. The summed E-state index contributed by atoms with van der Waals surface area (Å²) in [4.78, 5) is 0. The second kappa shape index (κ2) is 6.28. The summed E-state index contributed by atoms with van der Waals surface area (Å²) in [7, 11) is 0. The summed E-state index contributed by atoms with van der Waals surface area (Å²) < 4.78 is 0. The topological polar surface area (TPSA) is 40.5 Å². The zero-order chi connectivity index (χ0) is 19.1. The van der Waals surface area contributed by atoms with Gasteiger partial charge in [0.2, 0.25) is 0 Å². The fraction of sp³-hybridized carbons (Fsp3) is 0.0769. The van der Waals surface area contributed by atoms with Crippen LogP contribution in [0.3, 0.4) is 0 Å². The van der Waals surface area contributed by atoms with Gasteiger partial charge in [-0.05, 0) is 51.6 Å². The van der Waals surface area contributed by atoms with Gasteiger partial charge in [0.25, 0.3) is 0 Å². The average molecular weight is 364 g/mol. The Morgan fingerprint density at radius 2 is 1.29 bits per heavy atom. The largest absolute Gasteiger partial charge is 0.512 e. The van der Waals surface area contributed by atoms with Crippen molar-refractivity contribution in [2.75, 3.05) is 0 Å². The number of aliphatic hydroxyl groups excluding tert-OH is 1. The molecule has 0 radical (unpaired) electrons. The van der Waals surface area contributed by atoms with E-state index < -0.39 is 5.41 Å². The number of aromatic hydroxyl groups is 1. The molecule has 2 nitrogen and oxygen atoms in total. The number of fused-ring (bicyclic) bond motifs is 3. The number of hydrogen-bond acceptors (Lipinski definition) is 2. The van der Waals surface area contributed by atoms with E-state index in [-0.39, 0.29) is 5.75 Å². The van der Waals surface area contributed by atoms with Gasteiger partial charge in [-0.3, -0.25) is 0 Å². The highest BCUT2D eigenvalue weighted by Crippen LogP contribution is 2.56. The van der Waals surface area contributed by atoms with Gasteiger partial charge in [0.1, 0.15) is 5.75 Å². The lowest BCUT2D eigenvalue weighted by molar-refractivity contribution is 0.402. The van der Waals surface area contributed by atoms with Crippen LogP contribution < -0.4 is 0 Å². The SMILES string of the molecule is OC1=CC=C(C2(c3ccc(O)cc3)c3ccccc3-c3ccccc32)C=CC1. The molecule has 0 amide bonds. The Bertz CT molecular complexity index is 1100. The Hall–Kier alpha value is -3.52. The van der Waals surface area contributed by atoms with Crippen LogP contribution in [0.5, 0.6) is 5.75 Å². The van der Waals surface area contributed by atoms with Crippen molar-refractivity contribution in [3.05, 3.63) is 125 Å². The molecule has 136 valence electrons. The number of phenolic OH excluding ortho intramolecular Hbond substituents is 1. The number of aliphatic hydroxyl groups is 1. The number of rotatable bonds is 2. The third-order valence-electron chi connectivity index (χ3n) is 5.77. The van der Waals surface area contributed by atoms with E-state index in [1.807, 2.05) is 24.3 Å². The van der Waals surface area contributed by atoms with Crippen LogP contribution in [0.2, 0.25) is 0 Å². The van der Waals surface area contributed by atoms with Gasteiger partial charge in [-0.25, -0.2) is 0 Å². The molecule has 2 aliphatic carbocycles. The fourth-order valence-electron chi connectivity index (χ4n) is 4.60. The highest BCUT2D eigenvalue weighted by Gasteiger charge is 2.46. The van der Waals surface area contributed by atoms with Crippen molar-refractivity contribution in [3.8, 4) is 16.9 Å². The summed E-state index contributed by atoms with van der Waals surface area (Å²) in [6.07, 6.45) is 8.46. The fourth-order valence-corrected chi connectivity index (χ4v) is 4.60. The number of phenols is 1. The van der Waals surface area contributed by atoms with Gasteiger partial charge >= 0.3 is 0 Å². The van der Waals surface area contributed by atoms with Crippen molar-refractivity contribution in [2.45, 2.75) is 11.8 Å². The molecule has 0 bridgehead atoms. The van der Waals surface area contributed by atoms with E-state index in [9.17, 15) is 10.2 Å². The summed E-state index contributed by atoms with van der Waals surface area (Å²) in [6, 6.07) is 24.5. The third kappa shape index (κ3) is 2.28. The second-order valence-electron chi connectivity index (χ2n) is 7.27. The van der Waals surface area contributed by atoms with E-state index in [1.54, 1.807) is 18.2 Å². The van der Waals surface area contributed by atoms with Crippen molar-refractivity contribution >= 4 is 0 Å². The van der Waals surface area contributed by atoms with Crippen molar-refractivity contribution in [1.29, 1.82) is 0 Å². The minimum atomic E-state index is -0.501. The van der Waals surface area contributed by atoms with E-state index in [0.717, 1.165) is 11.1 Å². The molecule has 0 heterocycles. The van der Waals surface area contributed by atoms with Crippen LogP contribution in [0, 0.1) is 0 Å². The van der Waals surface area contributed by atoms with E-state index in [4.69, 9.17) is 0 Å². The molecule has 5 rings (SSSR count). The number of hydrogen-bond donors (Lipinski definition) is 2. The van der Waals surface area contributed by atoms with Gasteiger partial charge < -0.3 is 10.2 Å². The molecule has 2 N–H and O–H groups in total. The van der Waals surface area contributed by atoms with Crippen LogP contribution in [0.25, 0.3) is 11.1 Å². The first-order valence-electron chi connectivity index (χ1n) is 9.47. The van der Waals surface area contributed by atoms with E-state index in [2.05, 4.69) is 54.6 Å². The summed E-state index contributed by atoms with van der Waals surface area (Å²) >= 11 is 0. The molecule has 2 heteroatoms. The number of allylic oxidation sites excluding steroid dienone is 5. The highest BCUT2D eigenvalue weighted by atomic mass is 16.3. The highest BCUT2D eigenvalue weighted by molar-refractivity contribution is 5.86. The molecular weight excluding hydrogens is 344 g/mol. The standard InChI is InChI=1S/C26H20O2/c27-20-7-5-6-18(12-15-20)26(19-13-16-21(28)17-14-19)24-10-3-1-8-22(24)23-9-2-4-11-25(23)26/h1-6,8-17,27-28H,7H2. The Labute approximate surface area is 164 Å². The van der Waals surface area contributed by atoms with E-state index >= 15 is 0 Å². The van der Waals surface area contributed by atoms with Crippen LogP contribution in [0.1, 0.15) is 23.1 Å². The van der Waals surface area contributed by atoms with E-state index in [1.165, 1.54) is 22.3 Å². The third-order valence-corrected chi connectivity index (χ3v) is 5.77. The number of benzene rings is 3. The maximum absolute atomic E-state index is 10.1. The van der Waals surface area contributed by atoms with Gasteiger partial charge in [-0.2, -0.15) is 0 Å². The maximum Gasteiger partial charge on any atom is 0.115 e. The molecule has 0 aromatic heterocycles. The zero-order valence-electron chi connectivity index (χ0n) is 15.3. The summed E-state index contributed by atoms with van der Waals surface area (Å²) in [5.41, 5.74) is 6.56.